The van der Waals surface area contributed by atoms with E-state index in [-0.39, 0.29) is 0 Å². The molecule has 2 aromatic carbocycles. The summed E-state index contributed by atoms with van der Waals surface area (Å²) in [6, 6.07) is 15.0. The Morgan fingerprint density at radius 1 is 1.19 bits per heavy atom. The zero-order valence-electron chi connectivity index (χ0n) is 10.9. The van der Waals surface area contributed by atoms with Gasteiger partial charge in [-0.15, -0.1) is 5.10 Å². The monoisotopic (exact) mass is 339 g/mol. The van der Waals surface area contributed by atoms with Crippen LogP contribution in [0.15, 0.2) is 53.3 Å². The Morgan fingerprint density at radius 2 is 2.00 bits per heavy atom. The third-order valence-electron chi connectivity index (χ3n) is 2.99. The maximum absolute atomic E-state index is 9.26. The van der Waals surface area contributed by atoms with E-state index in [4.69, 9.17) is 5.73 Å². The third-order valence-corrected chi connectivity index (χ3v) is 3.65. The number of benzene rings is 2. The van der Waals surface area contributed by atoms with E-state index in [1.54, 1.807) is 11.0 Å². The van der Waals surface area contributed by atoms with Crippen LogP contribution in [0.4, 0.5) is 5.69 Å². The van der Waals surface area contributed by atoms with E-state index in [9.17, 15) is 5.26 Å². The zero-order valence-corrected chi connectivity index (χ0v) is 12.4. The van der Waals surface area contributed by atoms with Crippen molar-refractivity contribution in [1.29, 1.82) is 5.26 Å². The first-order chi connectivity index (χ1) is 10.2. The van der Waals surface area contributed by atoms with Crippen LogP contribution in [0.1, 0.15) is 5.56 Å². The summed E-state index contributed by atoms with van der Waals surface area (Å²) in [6.07, 6.45) is 1.58. The molecule has 0 saturated heterocycles. The molecular weight excluding hydrogens is 330 g/mol. The summed E-state index contributed by atoms with van der Waals surface area (Å²) in [4.78, 5) is 4.28. The van der Waals surface area contributed by atoms with Gasteiger partial charge in [-0.05, 0) is 40.2 Å². The molecule has 0 aliphatic rings. The van der Waals surface area contributed by atoms with Gasteiger partial charge in [0, 0.05) is 15.7 Å². The molecule has 0 radical (unpaired) electrons. The van der Waals surface area contributed by atoms with Crippen LogP contribution in [-0.4, -0.2) is 14.8 Å². The minimum Gasteiger partial charge on any atom is -0.399 e. The molecular formula is C15H10BrN5. The lowest BCUT2D eigenvalue weighted by Gasteiger charge is -2.04. The van der Waals surface area contributed by atoms with Gasteiger partial charge in [0.05, 0.1) is 11.3 Å². The topological polar surface area (TPSA) is 80.5 Å². The van der Waals surface area contributed by atoms with Crippen LogP contribution in [0.2, 0.25) is 0 Å². The third kappa shape index (κ3) is 2.51. The van der Waals surface area contributed by atoms with Crippen molar-refractivity contribution in [2.24, 2.45) is 0 Å². The highest BCUT2D eigenvalue weighted by atomic mass is 79.9. The number of hydrogen-bond donors (Lipinski definition) is 1. The van der Waals surface area contributed by atoms with Gasteiger partial charge in [0.2, 0.25) is 0 Å². The van der Waals surface area contributed by atoms with Crippen LogP contribution in [0.25, 0.3) is 17.1 Å². The molecule has 5 nitrogen and oxygen atoms in total. The molecule has 0 spiro atoms. The molecule has 0 fully saturated rings. The van der Waals surface area contributed by atoms with Gasteiger partial charge >= 0.3 is 0 Å². The van der Waals surface area contributed by atoms with Crippen LogP contribution < -0.4 is 5.73 Å². The molecule has 0 unspecified atom stereocenters. The van der Waals surface area contributed by atoms with Crippen LogP contribution in [-0.2, 0) is 0 Å². The highest BCUT2D eigenvalue weighted by molar-refractivity contribution is 9.10. The largest absolute Gasteiger partial charge is 0.399 e. The van der Waals surface area contributed by atoms with Crippen molar-refractivity contribution in [3.63, 3.8) is 0 Å². The number of nitrogen functional groups attached to an aromatic ring is 1. The second-order valence-corrected chi connectivity index (χ2v) is 5.24. The Bertz CT molecular complexity index is 847. The Morgan fingerprint density at radius 3 is 2.76 bits per heavy atom. The van der Waals surface area contributed by atoms with E-state index in [1.165, 1.54) is 0 Å². The summed E-state index contributed by atoms with van der Waals surface area (Å²) < 4.78 is 2.31. The van der Waals surface area contributed by atoms with E-state index in [2.05, 4.69) is 32.1 Å². The van der Waals surface area contributed by atoms with Crippen LogP contribution in [0.5, 0.6) is 0 Å². The molecule has 0 bridgehead atoms. The van der Waals surface area contributed by atoms with Gasteiger partial charge in [-0.2, -0.15) is 5.26 Å². The summed E-state index contributed by atoms with van der Waals surface area (Å²) in [5, 5.41) is 13.7. The standard InChI is InChI=1S/C15H10BrN5/c16-13-5-2-6-14(12(13)8-17)21-9-19-15(20-21)10-3-1-4-11(18)7-10/h1-7,9H,18H2. The fourth-order valence-corrected chi connectivity index (χ4v) is 2.45. The normalized spacial score (nSPS) is 10.3. The molecule has 0 saturated carbocycles. The molecule has 1 aromatic heterocycles. The van der Waals surface area contributed by atoms with Crippen molar-refractivity contribution in [1.82, 2.24) is 14.8 Å². The van der Waals surface area contributed by atoms with Crippen molar-refractivity contribution in [2.75, 3.05) is 5.73 Å². The highest BCUT2D eigenvalue weighted by Crippen LogP contribution is 2.24. The maximum Gasteiger partial charge on any atom is 0.181 e. The molecule has 102 valence electrons. The minimum atomic E-state index is 0.515. The van der Waals surface area contributed by atoms with Crippen molar-refractivity contribution < 1.29 is 0 Å². The predicted octanol–water partition coefficient (Wildman–Crippen LogP) is 3.15. The lowest BCUT2D eigenvalue weighted by molar-refractivity contribution is 0.878. The van der Waals surface area contributed by atoms with E-state index in [1.807, 2.05) is 42.5 Å². The van der Waals surface area contributed by atoms with Crippen LogP contribution in [0.3, 0.4) is 0 Å². The number of halogens is 1. The smallest absolute Gasteiger partial charge is 0.181 e. The Labute approximate surface area is 129 Å². The second kappa shape index (κ2) is 5.38. The van der Waals surface area contributed by atoms with Gasteiger partial charge in [0.25, 0.3) is 0 Å². The van der Waals surface area contributed by atoms with Crippen LogP contribution in [0, 0.1) is 11.3 Å². The van der Waals surface area contributed by atoms with Gasteiger partial charge in [0.15, 0.2) is 5.82 Å². The van der Waals surface area contributed by atoms with Gasteiger partial charge in [-0.1, -0.05) is 18.2 Å². The van der Waals surface area contributed by atoms with Crippen molar-refractivity contribution in [3.05, 3.63) is 58.8 Å². The first-order valence-electron chi connectivity index (χ1n) is 6.15. The molecule has 6 heteroatoms. The van der Waals surface area contributed by atoms with Gasteiger partial charge in [-0.3, -0.25) is 0 Å². The molecule has 3 rings (SSSR count). The second-order valence-electron chi connectivity index (χ2n) is 4.38. The molecule has 0 aliphatic heterocycles. The maximum atomic E-state index is 9.26. The summed E-state index contributed by atoms with van der Waals surface area (Å²) in [6.45, 7) is 0. The summed E-state index contributed by atoms with van der Waals surface area (Å²) in [7, 11) is 0. The zero-order chi connectivity index (χ0) is 14.8. The minimum absolute atomic E-state index is 0.515. The average Bonchev–Trinajstić information content (AvgIpc) is 2.96. The van der Waals surface area contributed by atoms with Crippen molar-refractivity contribution >= 4 is 21.6 Å². The molecule has 1 heterocycles. The number of hydrogen-bond acceptors (Lipinski definition) is 4. The van der Waals surface area contributed by atoms with E-state index in [0.717, 1.165) is 10.0 Å². The molecule has 2 N–H and O–H groups in total. The molecule has 0 atom stereocenters. The average molecular weight is 340 g/mol. The van der Waals surface area contributed by atoms with Gasteiger partial charge in [0.1, 0.15) is 12.4 Å². The molecule has 0 amide bonds. The van der Waals surface area contributed by atoms with Crippen LogP contribution >= 0.6 is 15.9 Å². The van der Waals surface area contributed by atoms with E-state index < -0.39 is 0 Å². The number of rotatable bonds is 2. The fourth-order valence-electron chi connectivity index (χ4n) is 2.00. The van der Waals surface area contributed by atoms with E-state index >= 15 is 0 Å². The number of aromatic nitrogens is 3. The number of anilines is 1. The van der Waals surface area contributed by atoms with E-state index in [0.29, 0.717) is 22.8 Å². The Balaban J connectivity index is 2.08. The molecule has 0 aliphatic carbocycles. The SMILES string of the molecule is N#Cc1c(Br)cccc1-n1cnc(-c2cccc(N)c2)n1. The molecule has 3 aromatic rings. The summed E-state index contributed by atoms with van der Waals surface area (Å²) >= 11 is 3.37. The van der Waals surface area contributed by atoms with Crippen molar-refractivity contribution in [3.8, 4) is 23.1 Å². The van der Waals surface area contributed by atoms with Gasteiger partial charge in [-0.25, -0.2) is 9.67 Å². The Hall–Kier alpha value is -2.65. The van der Waals surface area contributed by atoms with Gasteiger partial charge < -0.3 is 5.73 Å². The first kappa shape index (κ1) is 13.3. The quantitative estimate of drug-likeness (QED) is 0.727. The lowest BCUT2D eigenvalue weighted by Crippen LogP contribution is -1.99. The summed E-state index contributed by atoms with van der Waals surface area (Å²) in [5.74, 6) is 0.561. The predicted molar refractivity (Wildman–Crippen MR) is 83.6 cm³/mol. The Kier molecular flexibility index (Phi) is 3.42. The number of nitrogens with two attached hydrogens (primary N) is 1. The van der Waals surface area contributed by atoms with Crippen molar-refractivity contribution in [2.45, 2.75) is 0 Å². The fraction of sp³-hybridized carbons (Fsp3) is 0. The lowest BCUT2D eigenvalue weighted by atomic mass is 10.2. The highest BCUT2D eigenvalue weighted by Gasteiger charge is 2.11. The molecule has 21 heavy (non-hydrogen) atoms. The first-order valence-corrected chi connectivity index (χ1v) is 6.95. The number of nitrogens with zero attached hydrogens (tertiary/aromatic N) is 4. The summed E-state index contributed by atoms with van der Waals surface area (Å²) in [5.41, 5.74) is 8.45. The number of nitriles is 1.